The molecule has 16 heavy (non-hydrogen) atoms. The lowest BCUT2D eigenvalue weighted by atomic mass is 9.96. The van der Waals surface area contributed by atoms with Crippen molar-refractivity contribution < 1.29 is 10.3 Å². The molecule has 94 valence electrons. The lowest BCUT2D eigenvalue weighted by Crippen LogP contribution is -2.43. The summed E-state index contributed by atoms with van der Waals surface area (Å²) in [6.07, 6.45) is 4.26. The molecule has 5 nitrogen and oxygen atoms in total. The van der Waals surface area contributed by atoms with Crippen molar-refractivity contribution in [2.24, 2.45) is 22.7 Å². The van der Waals surface area contributed by atoms with Crippen molar-refractivity contribution in [1.82, 2.24) is 5.32 Å². The molecule has 0 spiro atoms. The Balaban J connectivity index is 2.37. The maximum absolute atomic E-state index is 9.20. The van der Waals surface area contributed by atoms with Crippen molar-refractivity contribution in [2.45, 2.75) is 38.6 Å². The van der Waals surface area contributed by atoms with E-state index in [9.17, 15) is 5.11 Å². The molecule has 0 aromatic heterocycles. The monoisotopic (exact) mass is 229 g/mol. The maximum Gasteiger partial charge on any atom is 0.156 e. The molecule has 1 aliphatic carbocycles. The average molecular weight is 229 g/mol. The van der Waals surface area contributed by atoms with Crippen LogP contribution in [0.2, 0.25) is 0 Å². The molecule has 0 amide bonds. The molecule has 1 fully saturated rings. The quantitative estimate of drug-likeness (QED) is 0.231. The molecule has 0 aromatic carbocycles. The van der Waals surface area contributed by atoms with Gasteiger partial charge >= 0.3 is 0 Å². The molecule has 0 radical (unpaired) electrons. The van der Waals surface area contributed by atoms with Crippen LogP contribution in [0.1, 0.15) is 32.6 Å². The third kappa shape index (κ3) is 3.35. The van der Waals surface area contributed by atoms with Gasteiger partial charge in [-0.2, -0.15) is 0 Å². The van der Waals surface area contributed by atoms with Gasteiger partial charge in [-0.25, -0.2) is 0 Å². The average Bonchev–Trinajstić information content (AvgIpc) is 2.76. The molecule has 0 aromatic rings. The highest BCUT2D eigenvalue weighted by atomic mass is 16.4. The van der Waals surface area contributed by atoms with E-state index >= 15 is 0 Å². The molecule has 3 atom stereocenters. The third-order valence-electron chi connectivity index (χ3n) is 3.56. The first kappa shape index (κ1) is 13.3. The van der Waals surface area contributed by atoms with E-state index in [-0.39, 0.29) is 18.5 Å². The SMILES string of the molecule is CCC(NCC1CCCC1CO)C(N)=NO. The van der Waals surface area contributed by atoms with Crippen LogP contribution in [-0.4, -0.2) is 35.3 Å². The number of aliphatic hydroxyl groups excluding tert-OH is 1. The molecule has 1 rings (SSSR count). The van der Waals surface area contributed by atoms with Crippen molar-refractivity contribution in [3.63, 3.8) is 0 Å². The summed E-state index contributed by atoms with van der Waals surface area (Å²) in [7, 11) is 0. The van der Waals surface area contributed by atoms with Crippen molar-refractivity contribution in [3.05, 3.63) is 0 Å². The van der Waals surface area contributed by atoms with E-state index in [4.69, 9.17) is 10.9 Å². The predicted molar refractivity (Wildman–Crippen MR) is 63.4 cm³/mol. The Morgan fingerprint density at radius 1 is 1.50 bits per heavy atom. The fraction of sp³-hybridized carbons (Fsp3) is 0.909. The van der Waals surface area contributed by atoms with Crippen molar-refractivity contribution in [2.75, 3.05) is 13.2 Å². The van der Waals surface area contributed by atoms with Crippen LogP contribution in [0.4, 0.5) is 0 Å². The molecule has 1 aliphatic rings. The number of hydrogen-bond donors (Lipinski definition) is 4. The topological polar surface area (TPSA) is 90.9 Å². The summed E-state index contributed by atoms with van der Waals surface area (Å²) in [4.78, 5) is 0. The van der Waals surface area contributed by atoms with Crippen LogP contribution < -0.4 is 11.1 Å². The van der Waals surface area contributed by atoms with Gasteiger partial charge in [0.25, 0.3) is 0 Å². The van der Waals surface area contributed by atoms with Gasteiger partial charge in [-0.05, 0) is 37.6 Å². The van der Waals surface area contributed by atoms with Gasteiger partial charge in [-0.1, -0.05) is 18.5 Å². The first-order chi connectivity index (χ1) is 7.72. The van der Waals surface area contributed by atoms with Gasteiger partial charge in [0.15, 0.2) is 5.84 Å². The fourth-order valence-corrected chi connectivity index (χ4v) is 2.44. The molecule has 0 aliphatic heterocycles. The van der Waals surface area contributed by atoms with Crippen LogP contribution in [-0.2, 0) is 0 Å². The van der Waals surface area contributed by atoms with Gasteiger partial charge in [0.05, 0.1) is 6.04 Å². The highest BCUT2D eigenvalue weighted by molar-refractivity contribution is 5.85. The van der Waals surface area contributed by atoms with Crippen LogP contribution >= 0.6 is 0 Å². The molecule has 0 heterocycles. The van der Waals surface area contributed by atoms with E-state index in [1.807, 2.05) is 6.92 Å². The van der Waals surface area contributed by atoms with Crippen LogP contribution in [0.3, 0.4) is 0 Å². The second kappa shape index (κ2) is 6.70. The van der Waals surface area contributed by atoms with Gasteiger partial charge in [0.2, 0.25) is 0 Å². The summed E-state index contributed by atoms with van der Waals surface area (Å²) in [6, 6.07) is -0.0649. The molecule has 0 saturated heterocycles. The number of oxime groups is 1. The predicted octanol–water partition coefficient (Wildman–Crippen LogP) is 0.510. The number of nitrogens with zero attached hydrogens (tertiary/aromatic N) is 1. The second-order valence-electron chi connectivity index (χ2n) is 4.53. The van der Waals surface area contributed by atoms with E-state index in [1.54, 1.807) is 0 Å². The number of rotatable bonds is 6. The minimum Gasteiger partial charge on any atom is -0.409 e. The Kier molecular flexibility index (Phi) is 5.55. The molecular weight excluding hydrogens is 206 g/mol. The maximum atomic E-state index is 9.20. The van der Waals surface area contributed by atoms with Crippen LogP contribution in [0.25, 0.3) is 0 Å². The van der Waals surface area contributed by atoms with Crippen LogP contribution in [0, 0.1) is 11.8 Å². The smallest absolute Gasteiger partial charge is 0.156 e. The summed E-state index contributed by atoms with van der Waals surface area (Å²) < 4.78 is 0. The summed E-state index contributed by atoms with van der Waals surface area (Å²) in [5.74, 6) is 1.17. The highest BCUT2D eigenvalue weighted by Crippen LogP contribution is 2.30. The minimum atomic E-state index is -0.0649. The number of amidine groups is 1. The Bertz CT molecular complexity index is 233. The van der Waals surface area contributed by atoms with Gasteiger partial charge in [0, 0.05) is 6.61 Å². The number of nitrogens with one attached hydrogen (secondary N) is 1. The first-order valence-electron chi connectivity index (χ1n) is 6.04. The summed E-state index contributed by atoms with van der Waals surface area (Å²) in [6.45, 7) is 3.10. The van der Waals surface area contributed by atoms with Gasteiger partial charge in [0.1, 0.15) is 0 Å². The Morgan fingerprint density at radius 2 is 2.19 bits per heavy atom. The van der Waals surface area contributed by atoms with E-state index < -0.39 is 0 Å². The Hall–Kier alpha value is -0.810. The Morgan fingerprint density at radius 3 is 2.75 bits per heavy atom. The molecule has 5 N–H and O–H groups in total. The summed E-state index contributed by atoms with van der Waals surface area (Å²) in [5.41, 5.74) is 5.57. The van der Waals surface area contributed by atoms with Crippen LogP contribution in [0.5, 0.6) is 0 Å². The van der Waals surface area contributed by atoms with Crippen molar-refractivity contribution in [3.8, 4) is 0 Å². The minimum absolute atomic E-state index is 0.0649. The molecule has 1 saturated carbocycles. The van der Waals surface area contributed by atoms with Gasteiger partial charge < -0.3 is 21.4 Å². The Labute approximate surface area is 96.7 Å². The van der Waals surface area contributed by atoms with E-state index in [1.165, 1.54) is 6.42 Å². The van der Waals surface area contributed by atoms with Crippen molar-refractivity contribution >= 4 is 5.84 Å². The molecule has 0 bridgehead atoms. The zero-order valence-electron chi connectivity index (χ0n) is 9.89. The lowest BCUT2D eigenvalue weighted by Gasteiger charge is -2.21. The summed E-state index contributed by atoms with van der Waals surface area (Å²) in [5, 5.41) is 24.1. The number of aliphatic hydroxyl groups is 1. The number of hydrogen-bond acceptors (Lipinski definition) is 4. The normalized spacial score (nSPS) is 28.2. The molecular formula is C11H23N3O2. The largest absolute Gasteiger partial charge is 0.409 e. The molecule has 3 unspecified atom stereocenters. The first-order valence-corrected chi connectivity index (χ1v) is 6.04. The van der Waals surface area contributed by atoms with E-state index in [0.717, 1.165) is 25.8 Å². The van der Waals surface area contributed by atoms with Crippen LogP contribution in [0.15, 0.2) is 5.16 Å². The molecule has 5 heteroatoms. The zero-order chi connectivity index (χ0) is 12.0. The van der Waals surface area contributed by atoms with Gasteiger partial charge in [-0.3, -0.25) is 0 Å². The third-order valence-corrected chi connectivity index (χ3v) is 3.56. The van der Waals surface area contributed by atoms with E-state index in [2.05, 4.69) is 10.5 Å². The van der Waals surface area contributed by atoms with Gasteiger partial charge in [-0.15, -0.1) is 0 Å². The highest BCUT2D eigenvalue weighted by Gasteiger charge is 2.27. The second-order valence-corrected chi connectivity index (χ2v) is 4.53. The zero-order valence-corrected chi connectivity index (χ0v) is 9.89. The number of nitrogens with two attached hydrogens (primary N) is 1. The standard InChI is InChI=1S/C11H23N3O2/c1-2-10(11(12)14-16)13-6-8-4-3-5-9(8)7-15/h8-10,13,15-16H,2-7H2,1H3,(H2,12,14). The summed E-state index contributed by atoms with van der Waals surface area (Å²) >= 11 is 0. The fourth-order valence-electron chi connectivity index (χ4n) is 2.44. The van der Waals surface area contributed by atoms with E-state index in [0.29, 0.717) is 11.8 Å². The lowest BCUT2D eigenvalue weighted by molar-refractivity contribution is 0.191. The van der Waals surface area contributed by atoms with Crippen molar-refractivity contribution in [1.29, 1.82) is 0 Å².